The minimum Gasteiger partial charge on any atom is -0.410 e. The second kappa shape index (κ2) is 5.43. The largest absolute Gasteiger partial charge is 0.410 e. The zero-order valence-corrected chi connectivity index (χ0v) is 7.24. The van der Waals surface area contributed by atoms with Gasteiger partial charge in [-0.2, -0.15) is 0 Å². The molecule has 0 bridgehead atoms. The van der Waals surface area contributed by atoms with Crippen LogP contribution in [0.25, 0.3) is 0 Å². The second-order valence-electron chi connectivity index (χ2n) is 1.22. The van der Waals surface area contributed by atoms with Gasteiger partial charge in [-0.15, -0.1) is 23.5 Å². The average Bonchev–Trinajstić information content (AvgIpc) is 2.00. The van der Waals surface area contributed by atoms with E-state index in [-0.39, 0.29) is 0 Å². The van der Waals surface area contributed by atoms with E-state index in [1.54, 1.807) is 12.5 Å². The highest BCUT2D eigenvalue weighted by molar-refractivity contribution is 8.24. The third-order valence-corrected chi connectivity index (χ3v) is 2.20. The van der Waals surface area contributed by atoms with Crippen molar-refractivity contribution in [1.29, 1.82) is 0 Å². The maximum absolute atomic E-state index is 8.32. The van der Waals surface area contributed by atoms with Crippen LogP contribution in [0, 0.1) is 0 Å². The summed E-state index contributed by atoms with van der Waals surface area (Å²) < 4.78 is 0. The van der Waals surface area contributed by atoms with Crippen molar-refractivity contribution in [3.63, 3.8) is 0 Å². The Bertz CT molecular complexity index is 139. The zero-order valence-electron chi connectivity index (χ0n) is 5.61. The zero-order chi connectivity index (χ0) is 7.98. The number of rotatable bonds is 0. The minimum atomic E-state index is 0.315. The third kappa shape index (κ3) is 2.49. The van der Waals surface area contributed by atoms with Crippen molar-refractivity contribution in [1.82, 2.24) is 0 Å². The van der Waals surface area contributed by atoms with E-state index in [1.807, 2.05) is 0 Å². The van der Waals surface area contributed by atoms with Gasteiger partial charge < -0.3 is 10.4 Å². The van der Waals surface area contributed by atoms with Gasteiger partial charge >= 0.3 is 0 Å². The topological polar surface area (TPSA) is 65.2 Å². The van der Waals surface area contributed by atoms with Crippen molar-refractivity contribution >= 4 is 33.6 Å². The molecule has 0 aromatic rings. The highest BCUT2D eigenvalue weighted by Gasteiger charge is 2.06. The van der Waals surface area contributed by atoms with Crippen molar-refractivity contribution in [2.75, 3.05) is 12.5 Å². The standard InChI is InChI=1S/C4H8N2O2S2/c1-9-3(5-7)4(6-8)10-2/h7-8H,1-2H3/b5-3-,6-4+. The predicted molar refractivity (Wildman–Crippen MR) is 45.5 cm³/mol. The summed E-state index contributed by atoms with van der Waals surface area (Å²) in [6.07, 6.45) is 3.47. The Morgan fingerprint density at radius 1 is 1.00 bits per heavy atom. The molecular formula is C4H8N2O2S2. The Morgan fingerprint density at radius 3 is 1.40 bits per heavy atom. The molecule has 0 atom stereocenters. The van der Waals surface area contributed by atoms with Crippen LogP contribution in [-0.4, -0.2) is 33.0 Å². The van der Waals surface area contributed by atoms with E-state index in [0.717, 1.165) is 0 Å². The summed E-state index contributed by atoms with van der Waals surface area (Å²) in [5.74, 6) is 0. The van der Waals surface area contributed by atoms with Gasteiger partial charge in [0.1, 0.15) is 0 Å². The van der Waals surface area contributed by atoms with Crippen LogP contribution in [0.4, 0.5) is 0 Å². The molecule has 0 heterocycles. The first kappa shape index (κ1) is 9.64. The van der Waals surface area contributed by atoms with Gasteiger partial charge in [0.15, 0.2) is 10.1 Å². The van der Waals surface area contributed by atoms with Crippen LogP contribution in [0.2, 0.25) is 0 Å². The Kier molecular flexibility index (Phi) is 5.23. The molecule has 0 amide bonds. The lowest BCUT2D eigenvalue weighted by atomic mass is 10.8. The number of nitrogens with zero attached hydrogens (tertiary/aromatic N) is 2. The lowest BCUT2D eigenvalue weighted by molar-refractivity contribution is 0.316. The fraction of sp³-hybridized carbons (Fsp3) is 0.500. The summed E-state index contributed by atoms with van der Waals surface area (Å²) in [6, 6.07) is 0. The van der Waals surface area contributed by atoms with E-state index in [4.69, 9.17) is 10.4 Å². The lowest BCUT2D eigenvalue weighted by Crippen LogP contribution is -2.04. The van der Waals surface area contributed by atoms with E-state index in [1.165, 1.54) is 23.5 Å². The molecule has 0 aliphatic heterocycles. The third-order valence-electron chi connectivity index (χ3n) is 0.751. The fourth-order valence-corrected chi connectivity index (χ4v) is 1.44. The Balaban J connectivity index is 4.27. The second-order valence-corrected chi connectivity index (χ2v) is 2.81. The molecule has 0 aromatic carbocycles. The van der Waals surface area contributed by atoms with Crippen molar-refractivity contribution in [2.24, 2.45) is 10.3 Å². The van der Waals surface area contributed by atoms with Gasteiger partial charge in [0, 0.05) is 0 Å². The van der Waals surface area contributed by atoms with Gasteiger partial charge in [0.05, 0.1) is 0 Å². The first-order valence-corrected chi connectivity index (χ1v) is 4.77. The van der Waals surface area contributed by atoms with Crippen LogP contribution >= 0.6 is 23.5 Å². The predicted octanol–water partition coefficient (Wildman–Crippen LogP) is 1.29. The number of hydrogen-bond donors (Lipinski definition) is 2. The van der Waals surface area contributed by atoms with E-state index >= 15 is 0 Å². The molecule has 0 rings (SSSR count). The van der Waals surface area contributed by atoms with Crippen LogP contribution in [0.3, 0.4) is 0 Å². The molecular weight excluding hydrogens is 172 g/mol. The van der Waals surface area contributed by atoms with Gasteiger partial charge in [0.2, 0.25) is 0 Å². The summed E-state index contributed by atoms with van der Waals surface area (Å²) >= 11 is 2.43. The first-order valence-electron chi connectivity index (χ1n) is 2.32. The van der Waals surface area contributed by atoms with Crippen LogP contribution in [0.15, 0.2) is 10.3 Å². The summed E-state index contributed by atoms with van der Waals surface area (Å²) in [6.45, 7) is 0. The fourth-order valence-electron chi connectivity index (χ4n) is 0.342. The highest BCUT2D eigenvalue weighted by atomic mass is 32.2. The summed E-state index contributed by atoms with van der Waals surface area (Å²) in [5, 5.41) is 23.1. The number of hydrogen-bond acceptors (Lipinski definition) is 6. The molecule has 10 heavy (non-hydrogen) atoms. The molecule has 58 valence electrons. The summed E-state index contributed by atoms with van der Waals surface area (Å²) in [5.41, 5.74) is 0. The average molecular weight is 180 g/mol. The SMILES string of the molecule is CSC(=N\O)/C(=N\O)SC. The molecule has 0 saturated carbocycles. The highest BCUT2D eigenvalue weighted by Crippen LogP contribution is 2.08. The lowest BCUT2D eigenvalue weighted by Gasteiger charge is -1.97. The molecule has 0 aromatic heterocycles. The normalized spacial score (nSPS) is 13.8. The quantitative estimate of drug-likeness (QED) is 0.255. The minimum absolute atomic E-state index is 0.315. The van der Waals surface area contributed by atoms with E-state index in [0.29, 0.717) is 10.1 Å². The molecule has 0 aliphatic rings. The number of thioether (sulfide) groups is 2. The molecule has 0 aliphatic carbocycles. The van der Waals surface area contributed by atoms with Crippen molar-refractivity contribution < 1.29 is 10.4 Å². The van der Waals surface area contributed by atoms with E-state index in [9.17, 15) is 0 Å². The van der Waals surface area contributed by atoms with Crippen molar-refractivity contribution in [2.45, 2.75) is 0 Å². The Morgan fingerprint density at radius 2 is 1.30 bits per heavy atom. The van der Waals surface area contributed by atoms with Gasteiger partial charge in [-0.05, 0) is 12.5 Å². The maximum Gasteiger partial charge on any atom is 0.171 e. The van der Waals surface area contributed by atoms with Gasteiger partial charge in [-0.3, -0.25) is 0 Å². The summed E-state index contributed by atoms with van der Waals surface area (Å²) in [7, 11) is 0. The molecule has 6 heteroatoms. The Hall–Kier alpha value is -0.360. The number of oxime groups is 2. The molecule has 2 N–H and O–H groups in total. The van der Waals surface area contributed by atoms with Gasteiger partial charge in [-0.25, -0.2) is 0 Å². The van der Waals surface area contributed by atoms with Crippen LogP contribution in [0.1, 0.15) is 0 Å². The smallest absolute Gasteiger partial charge is 0.171 e. The van der Waals surface area contributed by atoms with Crippen LogP contribution in [0.5, 0.6) is 0 Å². The molecule has 0 unspecified atom stereocenters. The molecule has 0 saturated heterocycles. The van der Waals surface area contributed by atoms with Crippen LogP contribution < -0.4 is 0 Å². The molecule has 0 radical (unpaired) electrons. The summed E-state index contributed by atoms with van der Waals surface area (Å²) in [4.78, 5) is 0. The molecule has 0 spiro atoms. The molecule has 4 nitrogen and oxygen atoms in total. The van der Waals surface area contributed by atoms with E-state index < -0.39 is 0 Å². The molecule has 0 fully saturated rings. The van der Waals surface area contributed by atoms with E-state index in [2.05, 4.69) is 10.3 Å². The van der Waals surface area contributed by atoms with Crippen molar-refractivity contribution in [3.8, 4) is 0 Å². The van der Waals surface area contributed by atoms with Crippen molar-refractivity contribution in [3.05, 3.63) is 0 Å². The van der Waals surface area contributed by atoms with Gasteiger partial charge in [0.25, 0.3) is 0 Å². The monoisotopic (exact) mass is 180 g/mol. The Labute approximate surface area is 67.4 Å². The van der Waals surface area contributed by atoms with Crippen LogP contribution in [-0.2, 0) is 0 Å². The first-order chi connectivity index (χ1) is 4.79. The maximum atomic E-state index is 8.32. The van der Waals surface area contributed by atoms with Gasteiger partial charge in [-0.1, -0.05) is 10.3 Å².